The summed E-state index contributed by atoms with van der Waals surface area (Å²) in [6.07, 6.45) is -0.397. The first-order valence-electron chi connectivity index (χ1n) is 8.33. The van der Waals surface area contributed by atoms with Crippen LogP contribution in [0.2, 0.25) is 0 Å². The second-order valence-electron chi connectivity index (χ2n) is 6.18. The number of carbonyl (C=O) groups excluding carboxylic acids is 1. The van der Waals surface area contributed by atoms with Gasteiger partial charge in [0.25, 0.3) is 5.91 Å². The summed E-state index contributed by atoms with van der Waals surface area (Å²) in [6, 6.07) is 0. The molecular formula is C16H20F3N5O2. The highest BCUT2D eigenvalue weighted by molar-refractivity contribution is 5.96. The van der Waals surface area contributed by atoms with Crippen LogP contribution in [0.15, 0.2) is 6.20 Å². The summed E-state index contributed by atoms with van der Waals surface area (Å²) in [5, 5.41) is 10.4. The lowest BCUT2D eigenvalue weighted by atomic mass is 9.95. The van der Waals surface area contributed by atoms with Crippen LogP contribution in [-0.2, 0) is 32.6 Å². The number of methoxy groups -OCH3 is 1. The highest BCUT2D eigenvalue weighted by Crippen LogP contribution is 2.35. The number of aromatic nitrogens is 4. The fourth-order valence-corrected chi connectivity index (χ4v) is 3.23. The van der Waals surface area contributed by atoms with Crippen molar-refractivity contribution in [3.8, 4) is 5.88 Å². The minimum atomic E-state index is -4.46. The van der Waals surface area contributed by atoms with Crippen molar-refractivity contribution < 1.29 is 22.7 Å². The first kappa shape index (κ1) is 18.3. The van der Waals surface area contributed by atoms with Gasteiger partial charge in [0.1, 0.15) is 5.56 Å². The number of aryl methyl sites for hydroxylation is 1. The van der Waals surface area contributed by atoms with Gasteiger partial charge in [-0.1, -0.05) is 0 Å². The lowest BCUT2D eigenvalue weighted by Gasteiger charge is -2.14. The molecule has 0 saturated heterocycles. The van der Waals surface area contributed by atoms with Crippen LogP contribution >= 0.6 is 0 Å². The maximum absolute atomic E-state index is 13.2. The number of hydrogen-bond donors (Lipinski definition) is 1. The van der Waals surface area contributed by atoms with Gasteiger partial charge in [0.2, 0.25) is 5.88 Å². The summed E-state index contributed by atoms with van der Waals surface area (Å²) in [6.45, 7) is 0.328. The van der Waals surface area contributed by atoms with Gasteiger partial charge in [0.05, 0.1) is 13.7 Å². The van der Waals surface area contributed by atoms with Gasteiger partial charge in [-0.05, 0) is 25.7 Å². The zero-order valence-corrected chi connectivity index (χ0v) is 14.6. The van der Waals surface area contributed by atoms with Gasteiger partial charge in [0, 0.05) is 31.0 Å². The number of amides is 1. The summed E-state index contributed by atoms with van der Waals surface area (Å²) < 4.78 is 47.4. The van der Waals surface area contributed by atoms with Crippen molar-refractivity contribution in [2.75, 3.05) is 13.7 Å². The molecule has 0 fully saturated rings. The van der Waals surface area contributed by atoms with E-state index in [4.69, 9.17) is 4.74 Å². The molecule has 2 aromatic rings. The van der Waals surface area contributed by atoms with E-state index in [0.29, 0.717) is 24.1 Å². The average molecular weight is 371 g/mol. The van der Waals surface area contributed by atoms with E-state index in [1.807, 2.05) is 0 Å². The van der Waals surface area contributed by atoms with Crippen LogP contribution in [0.25, 0.3) is 0 Å². The molecule has 1 aliphatic rings. The van der Waals surface area contributed by atoms with Gasteiger partial charge in [-0.2, -0.15) is 18.3 Å². The molecule has 3 rings (SSSR count). The molecule has 0 atom stereocenters. The smallest absolute Gasteiger partial charge is 0.435 e. The quantitative estimate of drug-likeness (QED) is 0.872. The van der Waals surface area contributed by atoms with E-state index >= 15 is 0 Å². The molecule has 1 amide bonds. The van der Waals surface area contributed by atoms with Gasteiger partial charge >= 0.3 is 6.18 Å². The summed E-state index contributed by atoms with van der Waals surface area (Å²) in [4.78, 5) is 12.2. The van der Waals surface area contributed by atoms with Crippen LogP contribution in [0.4, 0.5) is 13.2 Å². The molecule has 1 N–H and O–H groups in total. The zero-order chi connectivity index (χ0) is 18.9. The van der Waals surface area contributed by atoms with Crippen molar-refractivity contribution in [1.29, 1.82) is 0 Å². The molecule has 7 nitrogen and oxygen atoms in total. The predicted octanol–water partition coefficient (Wildman–Crippen LogP) is 1.95. The Bertz CT molecular complexity index is 810. The van der Waals surface area contributed by atoms with Crippen molar-refractivity contribution in [2.45, 2.75) is 38.4 Å². The average Bonchev–Trinajstić information content (AvgIpc) is 3.15. The highest BCUT2D eigenvalue weighted by atomic mass is 19.4. The molecular weight excluding hydrogens is 351 g/mol. The number of rotatable bonds is 5. The Morgan fingerprint density at radius 3 is 2.73 bits per heavy atom. The molecule has 0 bridgehead atoms. The molecule has 142 valence electrons. The molecule has 0 unspecified atom stereocenters. The summed E-state index contributed by atoms with van der Waals surface area (Å²) in [5.74, 6) is -0.201. The second kappa shape index (κ2) is 7.00. The molecule has 0 aliphatic heterocycles. The normalized spacial score (nSPS) is 14.2. The molecule has 1 aliphatic carbocycles. The Hall–Kier alpha value is -2.52. The van der Waals surface area contributed by atoms with Gasteiger partial charge in [0.15, 0.2) is 5.69 Å². The number of halogens is 3. The largest absolute Gasteiger partial charge is 0.479 e. The van der Waals surface area contributed by atoms with Crippen LogP contribution in [-0.4, -0.2) is 39.1 Å². The van der Waals surface area contributed by atoms with Crippen LogP contribution < -0.4 is 10.1 Å². The third kappa shape index (κ3) is 3.54. The minimum absolute atomic E-state index is 0.155. The Morgan fingerprint density at radius 2 is 2.04 bits per heavy atom. The van der Waals surface area contributed by atoms with Gasteiger partial charge in [-0.15, -0.1) is 5.10 Å². The molecule has 2 heterocycles. The molecule has 0 aromatic carbocycles. The summed E-state index contributed by atoms with van der Waals surface area (Å²) >= 11 is 0. The summed E-state index contributed by atoms with van der Waals surface area (Å²) in [7, 11) is 3.07. The Labute approximate surface area is 148 Å². The fourth-order valence-electron chi connectivity index (χ4n) is 3.23. The van der Waals surface area contributed by atoms with Crippen LogP contribution in [0, 0.1) is 0 Å². The van der Waals surface area contributed by atoms with Crippen molar-refractivity contribution in [3.05, 3.63) is 28.7 Å². The predicted molar refractivity (Wildman–Crippen MR) is 86.0 cm³/mol. The Kier molecular flexibility index (Phi) is 4.92. The Balaban J connectivity index is 1.70. The van der Waals surface area contributed by atoms with Crippen molar-refractivity contribution in [2.24, 2.45) is 7.05 Å². The van der Waals surface area contributed by atoms with E-state index in [0.717, 1.165) is 12.8 Å². The number of alkyl halides is 3. The molecule has 0 saturated carbocycles. The molecule has 0 spiro atoms. The van der Waals surface area contributed by atoms with Crippen molar-refractivity contribution in [3.63, 3.8) is 0 Å². The fraction of sp³-hybridized carbons (Fsp3) is 0.562. The van der Waals surface area contributed by atoms with E-state index in [2.05, 4.69) is 15.5 Å². The zero-order valence-electron chi connectivity index (χ0n) is 14.6. The van der Waals surface area contributed by atoms with Gasteiger partial charge < -0.3 is 10.1 Å². The van der Waals surface area contributed by atoms with E-state index < -0.39 is 17.8 Å². The number of nitrogens with zero attached hydrogens (tertiary/aromatic N) is 4. The minimum Gasteiger partial charge on any atom is -0.479 e. The second-order valence-corrected chi connectivity index (χ2v) is 6.18. The molecule has 26 heavy (non-hydrogen) atoms. The molecule has 10 heteroatoms. The molecule has 2 aromatic heterocycles. The van der Waals surface area contributed by atoms with E-state index in [9.17, 15) is 18.0 Å². The maximum Gasteiger partial charge on any atom is 0.435 e. The number of hydrogen-bond acceptors (Lipinski definition) is 4. The van der Waals surface area contributed by atoms with Gasteiger partial charge in [-0.25, -0.2) is 0 Å². The molecule has 0 radical (unpaired) electrons. The first-order valence-corrected chi connectivity index (χ1v) is 8.33. The van der Waals surface area contributed by atoms with Crippen molar-refractivity contribution in [1.82, 2.24) is 24.9 Å². The lowest BCUT2D eigenvalue weighted by molar-refractivity contribution is -0.142. The lowest BCUT2D eigenvalue weighted by Crippen LogP contribution is -2.28. The van der Waals surface area contributed by atoms with Crippen LogP contribution in [0.1, 0.15) is 40.2 Å². The SMILES string of the molecule is COc1nn(C)cc1C(=O)NCCn1nc(C(F)(F)F)c2c1CCCC2. The summed E-state index contributed by atoms with van der Waals surface area (Å²) in [5.41, 5.74) is 0.390. The Morgan fingerprint density at radius 1 is 1.31 bits per heavy atom. The van der Waals surface area contributed by atoms with Crippen LogP contribution in [0.5, 0.6) is 5.88 Å². The van der Waals surface area contributed by atoms with Crippen molar-refractivity contribution >= 4 is 5.91 Å². The first-order chi connectivity index (χ1) is 12.3. The van der Waals surface area contributed by atoms with Gasteiger partial charge in [-0.3, -0.25) is 14.2 Å². The van der Waals surface area contributed by atoms with Crippen LogP contribution in [0.3, 0.4) is 0 Å². The van der Waals surface area contributed by atoms with E-state index in [1.54, 1.807) is 7.05 Å². The third-order valence-corrected chi connectivity index (χ3v) is 4.37. The number of fused-ring (bicyclic) bond motifs is 1. The van der Waals surface area contributed by atoms with E-state index in [1.165, 1.54) is 22.7 Å². The number of ether oxygens (including phenoxy) is 1. The standard InChI is InChI=1S/C16H20F3N5O2/c1-23-9-11(15(22-23)26-2)14(25)20-7-8-24-12-6-4-3-5-10(12)13(21-24)16(17,18)19/h9H,3-8H2,1-2H3,(H,20,25). The highest BCUT2D eigenvalue weighted by Gasteiger charge is 2.39. The number of nitrogens with one attached hydrogen (secondary N) is 1. The monoisotopic (exact) mass is 371 g/mol. The maximum atomic E-state index is 13.2. The topological polar surface area (TPSA) is 74.0 Å². The van der Waals surface area contributed by atoms with E-state index in [-0.39, 0.29) is 24.5 Å². The third-order valence-electron chi connectivity index (χ3n) is 4.37. The number of carbonyl (C=O) groups is 1.